The summed E-state index contributed by atoms with van der Waals surface area (Å²) in [5.41, 5.74) is 1.73. The summed E-state index contributed by atoms with van der Waals surface area (Å²) in [7, 11) is 13.0. The van der Waals surface area contributed by atoms with Crippen molar-refractivity contribution in [3.63, 3.8) is 0 Å². The zero-order valence-electron chi connectivity index (χ0n) is 18.8. The number of hydrogen-bond donors (Lipinski definition) is 0. The zero-order valence-corrected chi connectivity index (χ0v) is 21.8. The molecule has 0 aromatic carbocycles. The molecule has 157 valence electrons. The van der Waals surface area contributed by atoms with E-state index in [1.54, 1.807) is 0 Å². The number of rotatable bonds is 10. The monoisotopic (exact) mass is 443 g/mol. The molecule has 2 unspecified atom stereocenters. The van der Waals surface area contributed by atoms with E-state index in [-0.39, 0.29) is 41.5 Å². The Morgan fingerprint density at radius 1 is 0.885 bits per heavy atom. The second-order valence-electron chi connectivity index (χ2n) is 8.03. The van der Waals surface area contributed by atoms with Gasteiger partial charge in [-0.2, -0.15) is 12.0 Å². The van der Waals surface area contributed by atoms with Crippen molar-refractivity contribution in [3.05, 3.63) is 13.8 Å². The van der Waals surface area contributed by atoms with Gasteiger partial charge in [0, 0.05) is 43.2 Å². The van der Waals surface area contributed by atoms with Crippen molar-refractivity contribution in [2.45, 2.75) is 43.6 Å². The van der Waals surface area contributed by atoms with Crippen molar-refractivity contribution in [1.29, 1.82) is 0 Å². The van der Waals surface area contributed by atoms with E-state index < -0.39 is 0 Å². The number of likely N-dealkylation sites (N-methyl/N-ethyl adjacent to an activating group) is 4. The predicted molar refractivity (Wildman–Crippen MR) is 119 cm³/mol. The van der Waals surface area contributed by atoms with Crippen LogP contribution in [-0.4, -0.2) is 102 Å². The molecule has 0 heterocycles. The fourth-order valence-electron chi connectivity index (χ4n) is 3.50. The molecule has 1 fully saturated rings. The van der Waals surface area contributed by atoms with E-state index >= 15 is 0 Å². The Morgan fingerprint density at radius 2 is 1.35 bits per heavy atom. The molecule has 0 saturated heterocycles. The van der Waals surface area contributed by atoms with E-state index in [0.717, 1.165) is 24.3 Å². The van der Waals surface area contributed by atoms with Crippen LogP contribution >= 0.6 is 8.22 Å². The van der Waals surface area contributed by atoms with E-state index in [9.17, 15) is 0 Å². The van der Waals surface area contributed by atoms with Crippen LogP contribution in [0.25, 0.3) is 0 Å². The summed E-state index contributed by atoms with van der Waals surface area (Å²) in [6.07, 6.45) is 6.82. The maximum atomic E-state index is 2.69. The predicted octanol–water partition coefficient (Wildman–Crippen LogP) is 3.61. The summed E-state index contributed by atoms with van der Waals surface area (Å²) in [5, 5.41) is 0. The van der Waals surface area contributed by atoms with Crippen LogP contribution < -0.4 is 0 Å². The quantitative estimate of drug-likeness (QED) is 0.291. The van der Waals surface area contributed by atoms with Crippen molar-refractivity contribution in [2.75, 3.05) is 68.5 Å². The SMILES string of the molecule is CN(C)CCN(C)P(C1CCC[CH-]C1[Si](C)C)N(C)CCN(C)C.[CH3-].[Fe+2]. The van der Waals surface area contributed by atoms with Gasteiger partial charge < -0.3 is 23.6 Å². The van der Waals surface area contributed by atoms with Gasteiger partial charge in [-0.3, -0.25) is 9.34 Å². The van der Waals surface area contributed by atoms with Crippen molar-refractivity contribution in [2.24, 2.45) is 0 Å². The van der Waals surface area contributed by atoms with Gasteiger partial charge in [-0.1, -0.05) is 19.5 Å². The maximum Gasteiger partial charge on any atom is 2.00 e. The molecule has 1 aliphatic rings. The third-order valence-corrected chi connectivity index (χ3v) is 10.2. The van der Waals surface area contributed by atoms with Gasteiger partial charge in [0.05, 0.1) is 0 Å². The van der Waals surface area contributed by atoms with Gasteiger partial charge in [-0.15, -0.1) is 0 Å². The molecular formula is C19H44FeN4PSi. The summed E-state index contributed by atoms with van der Waals surface area (Å²) >= 11 is 0. The Morgan fingerprint density at radius 3 is 1.73 bits per heavy atom. The molecule has 1 rings (SSSR count). The standard InChI is InChI=1S/C18H41N4PSi.CH3.Fe/c1-19(2)13-15-21(5)23(22(6)16-14-20(3)4)17-11-9-10-12-18(17)24(7)8;;/h12,17-18H,9-11,13-16H2,1-8H3;1H3;/q2*-1;+2. The minimum absolute atomic E-state index is 0. The molecule has 0 aromatic rings. The van der Waals surface area contributed by atoms with E-state index in [1.165, 1.54) is 32.4 Å². The second kappa shape index (κ2) is 14.9. The van der Waals surface area contributed by atoms with Gasteiger partial charge in [0.15, 0.2) is 0 Å². The molecule has 4 nitrogen and oxygen atoms in total. The molecule has 0 N–H and O–H groups in total. The molecule has 1 saturated carbocycles. The van der Waals surface area contributed by atoms with Crippen molar-refractivity contribution < 1.29 is 17.1 Å². The molecule has 0 amide bonds. The topological polar surface area (TPSA) is 13.0 Å². The molecule has 0 aliphatic heterocycles. The Hall–Kier alpha value is 1.01. The van der Waals surface area contributed by atoms with Crippen LogP contribution in [0.4, 0.5) is 0 Å². The first-order chi connectivity index (χ1) is 11.2. The smallest absolute Gasteiger partial charge is 0.358 e. The molecule has 1 radical (unpaired) electrons. The molecule has 1 aliphatic carbocycles. The minimum Gasteiger partial charge on any atom is -0.358 e. The summed E-state index contributed by atoms with van der Waals surface area (Å²) in [6, 6.07) is 0. The van der Waals surface area contributed by atoms with Crippen LogP contribution in [0.5, 0.6) is 0 Å². The molecule has 0 aromatic heterocycles. The first-order valence-corrected chi connectivity index (χ1v) is 13.3. The Bertz CT molecular complexity index is 330. The van der Waals surface area contributed by atoms with Gasteiger partial charge in [-0.25, -0.2) is 0 Å². The Kier molecular flexibility index (Phi) is 16.8. The Balaban J connectivity index is 0. The van der Waals surface area contributed by atoms with E-state index in [1.807, 2.05) is 0 Å². The van der Waals surface area contributed by atoms with Gasteiger partial charge in [0.1, 0.15) is 0 Å². The average molecular weight is 443 g/mol. The first kappa shape index (κ1) is 29.2. The van der Waals surface area contributed by atoms with E-state index in [0.29, 0.717) is 0 Å². The van der Waals surface area contributed by atoms with Crippen LogP contribution in [0.2, 0.25) is 18.6 Å². The summed E-state index contributed by atoms with van der Waals surface area (Å²) < 4.78 is 5.37. The van der Waals surface area contributed by atoms with Crippen molar-refractivity contribution in [1.82, 2.24) is 19.1 Å². The summed E-state index contributed by atoms with van der Waals surface area (Å²) in [6.45, 7) is 9.66. The van der Waals surface area contributed by atoms with E-state index in [2.05, 4.69) is 80.9 Å². The van der Waals surface area contributed by atoms with Gasteiger partial charge >= 0.3 is 17.1 Å². The summed E-state index contributed by atoms with van der Waals surface area (Å²) in [5.74, 6) is 0. The van der Waals surface area contributed by atoms with Crippen LogP contribution in [0.15, 0.2) is 0 Å². The maximum absolute atomic E-state index is 2.69. The third kappa shape index (κ3) is 9.98. The summed E-state index contributed by atoms with van der Waals surface area (Å²) in [4.78, 5) is 4.62. The van der Waals surface area contributed by atoms with Crippen molar-refractivity contribution >= 4 is 17.0 Å². The van der Waals surface area contributed by atoms with E-state index in [4.69, 9.17) is 0 Å². The minimum atomic E-state index is -0.269. The van der Waals surface area contributed by atoms with Crippen molar-refractivity contribution in [3.8, 4) is 0 Å². The molecule has 0 bridgehead atoms. The normalized spacial score (nSPS) is 21.0. The van der Waals surface area contributed by atoms with Gasteiger partial charge in [0.2, 0.25) is 0 Å². The molecule has 0 spiro atoms. The van der Waals surface area contributed by atoms with Gasteiger partial charge in [-0.05, 0) is 54.4 Å². The number of hydrogen-bond acceptors (Lipinski definition) is 4. The third-order valence-electron chi connectivity index (χ3n) is 4.94. The fraction of sp³-hybridized carbons (Fsp3) is 0.895. The molecular weight excluding hydrogens is 399 g/mol. The second-order valence-corrected chi connectivity index (χ2v) is 13.5. The fourth-order valence-corrected chi connectivity index (χ4v) is 9.32. The zero-order chi connectivity index (χ0) is 18.3. The molecule has 26 heavy (non-hydrogen) atoms. The first-order valence-electron chi connectivity index (χ1n) is 9.38. The van der Waals surface area contributed by atoms with Crippen LogP contribution in [0.3, 0.4) is 0 Å². The largest absolute Gasteiger partial charge is 2.00 e. The average Bonchev–Trinajstić information content (AvgIpc) is 2.51. The van der Waals surface area contributed by atoms with Crippen LogP contribution in [0, 0.1) is 13.8 Å². The number of nitrogens with zero attached hydrogens (tertiary/aromatic N) is 4. The molecule has 7 heteroatoms. The van der Waals surface area contributed by atoms with Crippen LogP contribution in [0.1, 0.15) is 19.3 Å². The Labute approximate surface area is 179 Å². The van der Waals surface area contributed by atoms with Gasteiger partial charge in [0.25, 0.3) is 0 Å². The molecule has 2 atom stereocenters. The van der Waals surface area contributed by atoms with Crippen LogP contribution in [-0.2, 0) is 17.1 Å².